The molecule has 1 aromatic rings. The van der Waals surface area contributed by atoms with Crippen molar-refractivity contribution >= 4 is 0 Å². The van der Waals surface area contributed by atoms with Crippen LogP contribution in [0.3, 0.4) is 0 Å². The van der Waals surface area contributed by atoms with Crippen LogP contribution >= 0.6 is 0 Å². The zero-order valence-corrected chi connectivity index (χ0v) is 11.4. The number of benzene rings is 1. The van der Waals surface area contributed by atoms with Crippen molar-refractivity contribution in [3.63, 3.8) is 0 Å². The zero-order chi connectivity index (χ0) is 13.2. The highest BCUT2D eigenvalue weighted by Crippen LogP contribution is 2.13. The summed E-state index contributed by atoms with van der Waals surface area (Å²) in [6.07, 6.45) is 6.49. The van der Waals surface area contributed by atoms with Crippen LogP contribution in [0.15, 0.2) is 30.3 Å². The number of hydrogen-bond acceptors (Lipinski definition) is 2. The van der Waals surface area contributed by atoms with Crippen LogP contribution in [-0.2, 0) is 15.9 Å². The third-order valence-corrected chi connectivity index (χ3v) is 3.21. The van der Waals surface area contributed by atoms with Gasteiger partial charge in [-0.1, -0.05) is 36.3 Å². The summed E-state index contributed by atoms with van der Waals surface area (Å²) >= 11 is 0. The van der Waals surface area contributed by atoms with E-state index in [1.807, 2.05) is 6.07 Å². The molecular weight excluding hydrogens is 236 g/mol. The van der Waals surface area contributed by atoms with Crippen molar-refractivity contribution in [1.29, 1.82) is 0 Å². The SMILES string of the molecule is C(#CCOC1CCCCO1)CCCc1ccccc1. The Morgan fingerprint density at radius 2 is 2.05 bits per heavy atom. The largest absolute Gasteiger partial charge is 0.353 e. The van der Waals surface area contributed by atoms with Crippen LogP contribution in [0.25, 0.3) is 0 Å². The summed E-state index contributed by atoms with van der Waals surface area (Å²) in [7, 11) is 0. The lowest BCUT2D eigenvalue weighted by atomic mass is 10.1. The van der Waals surface area contributed by atoms with Gasteiger partial charge in [-0.05, 0) is 37.7 Å². The molecule has 1 saturated heterocycles. The molecule has 1 atom stereocenters. The molecule has 0 spiro atoms. The Bertz CT molecular complexity index is 396. The summed E-state index contributed by atoms with van der Waals surface area (Å²) in [6, 6.07) is 10.5. The lowest BCUT2D eigenvalue weighted by Crippen LogP contribution is -2.22. The van der Waals surface area contributed by atoms with E-state index in [0.29, 0.717) is 6.61 Å². The number of unbranched alkanes of at least 4 members (excludes halogenated alkanes) is 1. The van der Waals surface area contributed by atoms with Crippen LogP contribution in [0.5, 0.6) is 0 Å². The van der Waals surface area contributed by atoms with Gasteiger partial charge in [-0.2, -0.15) is 0 Å². The molecule has 19 heavy (non-hydrogen) atoms. The Hall–Kier alpha value is -1.30. The zero-order valence-electron chi connectivity index (χ0n) is 11.4. The van der Waals surface area contributed by atoms with E-state index in [9.17, 15) is 0 Å². The first-order valence-electron chi connectivity index (χ1n) is 7.18. The number of aryl methyl sites for hydroxylation is 1. The standard InChI is InChI=1S/C17H22O2/c1(4-10-16-11-5-3-6-12-16)2-8-14-18-17-13-7-9-15-19-17/h3,5-6,11-12,17H,1,4,7,9-10,13-15H2. The molecule has 0 N–H and O–H groups in total. The lowest BCUT2D eigenvalue weighted by Gasteiger charge is -2.21. The average molecular weight is 258 g/mol. The fraction of sp³-hybridized carbons (Fsp3) is 0.529. The van der Waals surface area contributed by atoms with Crippen LogP contribution in [0.2, 0.25) is 0 Å². The van der Waals surface area contributed by atoms with E-state index < -0.39 is 0 Å². The first-order chi connectivity index (χ1) is 9.45. The van der Waals surface area contributed by atoms with Crippen molar-refractivity contribution in [1.82, 2.24) is 0 Å². The molecule has 0 saturated carbocycles. The van der Waals surface area contributed by atoms with Gasteiger partial charge < -0.3 is 9.47 Å². The molecule has 1 unspecified atom stereocenters. The van der Waals surface area contributed by atoms with Gasteiger partial charge in [0.1, 0.15) is 6.61 Å². The molecule has 1 aliphatic heterocycles. The molecular formula is C17H22O2. The molecule has 0 aromatic heterocycles. The van der Waals surface area contributed by atoms with Gasteiger partial charge in [0, 0.05) is 13.0 Å². The van der Waals surface area contributed by atoms with E-state index in [1.165, 1.54) is 12.0 Å². The highest BCUT2D eigenvalue weighted by atomic mass is 16.7. The van der Waals surface area contributed by atoms with E-state index in [0.717, 1.165) is 38.7 Å². The number of hydrogen-bond donors (Lipinski definition) is 0. The van der Waals surface area contributed by atoms with Crippen molar-refractivity contribution in [3.8, 4) is 11.8 Å². The van der Waals surface area contributed by atoms with Crippen LogP contribution in [-0.4, -0.2) is 19.5 Å². The summed E-state index contributed by atoms with van der Waals surface area (Å²) in [4.78, 5) is 0. The fourth-order valence-electron chi connectivity index (χ4n) is 2.14. The first kappa shape index (κ1) is 14.1. The fourth-order valence-corrected chi connectivity index (χ4v) is 2.14. The Kier molecular flexibility index (Phi) is 6.49. The van der Waals surface area contributed by atoms with Gasteiger partial charge in [-0.3, -0.25) is 0 Å². The predicted octanol–water partition coefficient (Wildman–Crippen LogP) is 3.56. The molecule has 0 bridgehead atoms. The minimum absolute atomic E-state index is 0.0210. The molecule has 1 aliphatic rings. The van der Waals surface area contributed by atoms with Crippen LogP contribution < -0.4 is 0 Å². The van der Waals surface area contributed by atoms with Gasteiger partial charge in [0.2, 0.25) is 0 Å². The molecule has 1 fully saturated rings. The van der Waals surface area contributed by atoms with E-state index in [1.54, 1.807) is 0 Å². The summed E-state index contributed by atoms with van der Waals surface area (Å²) in [5.74, 6) is 6.23. The smallest absolute Gasteiger partial charge is 0.158 e. The molecule has 0 radical (unpaired) electrons. The Morgan fingerprint density at radius 1 is 1.16 bits per heavy atom. The van der Waals surface area contributed by atoms with Gasteiger partial charge in [0.25, 0.3) is 0 Å². The van der Waals surface area contributed by atoms with Gasteiger partial charge in [0.05, 0.1) is 0 Å². The van der Waals surface area contributed by atoms with Crippen molar-refractivity contribution in [2.45, 2.75) is 44.8 Å². The van der Waals surface area contributed by atoms with Crippen molar-refractivity contribution in [2.75, 3.05) is 13.2 Å². The molecule has 0 amide bonds. The summed E-state index contributed by atoms with van der Waals surface area (Å²) < 4.78 is 11.0. The van der Waals surface area contributed by atoms with Gasteiger partial charge in [0.15, 0.2) is 6.29 Å². The maximum atomic E-state index is 5.55. The normalized spacial score (nSPS) is 18.6. The molecule has 1 aromatic carbocycles. The molecule has 102 valence electrons. The van der Waals surface area contributed by atoms with E-state index >= 15 is 0 Å². The first-order valence-corrected chi connectivity index (χ1v) is 7.18. The maximum Gasteiger partial charge on any atom is 0.158 e. The quantitative estimate of drug-likeness (QED) is 0.594. The van der Waals surface area contributed by atoms with E-state index in [2.05, 4.69) is 36.1 Å². The summed E-state index contributed by atoms with van der Waals surface area (Å²) in [6.45, 7) is 1.32. The molecule has 2 heteroatoms. The highest BCUT2D eigenvalue weighted by molar-refractivity contribution is 5.14. The summed E-state index contributed by atoms with van der Waals surface area (Å²) in [5, 5.41) is 0. The van der Waals surface area contributed by atoms with Crippen LogP contribution in [0.1, 0.15) is 37.7 Å². The number of rotatable bonds is 5. The Morgan fingerprint density at radius 3 is 2.84 bits per heavy atom. The minimum atomic E-state index is -0.0210. The van der Waals surface area contributed by atoms with Gasteiger partial charge in [-0.15, -0.1) is 5.92 Å². The Labute approximate surface area is 116 Å². The third kappa shape index (κ3) is 5.92. The van der Waals surface area contributed by atoms with Gasteiger partial charge in [-0.25, -0.2) is 0 Å². The topological polar surface area (TPSA) is 18.5 Å². The summed E-state index contributed by atoms with van der Waals surface area (Å²) in [5.41, 5.74) is 1.39. The van der Waals surface area contributed by atoms with Crippen molar-refractivity contribution < 1.29 is 9.47 Å². The second-order valence-corrected chi connectivity index (χ2v) is 4.80. The van der Waals surface area contributed by atoms with Crippen LogP contribution in [0, 0.1) is 11.8 Å². The lowest BCUT2D eigenvalue weighted by molar-refractivity contribution is -0.154. The van der Waals surface area contributed by atoms with Gasteiger partial charge >= 0.3 is 0 Å². The highest BCUT2D eigenvalue weighted by Gasteiger charge is 2.12. The van der Waals surface area contributed by atoms with Crippen LogP contribution in [0.4, 0.5) is 0 Å². The Balaban J connectivity index is 1.52. The molecule has 1 heterocycles. The second-order valence-electron chi connectivity index (χ2n) is 4.80. The van der Waals surface area contributed by atoms with E-state index in [4.69, 9.17) is 9.47 Å². The minimum Gasteiger partial charge on any atom is -0.353 e. The third-order valence-electron chi connectivity index (χ3n) is 3.21. The molecule has 0 aliphatic carbocycles. The van der Waals surface area contributed by atoms with Crippen molar-refractivity contribution in [3.05, 3.63) is 35.9 Å². The predicted molar refractivity (Wildman–Crippen MR) is 76.7 cm³/mol. The monoisotopic (exact) mass is 258 g/mol. The molecule has 2 nitrogen and oxygen atoms in total. The number of ether oxygens (including phenoxy) is 2. The maximum absolute atomic E-state index is 5.55. The molecule has 2 rings (SSSR count). The second kappa shape index (κ2) is 8.74. The average Bonchev–Trinajstić information content (AvgIpc) is 2.48. The van der Waals surface area contributed by atoms with Crippen molar-refractivity contribution in [2.24, 2.45) is 0 Å². The van der Waals surface area contributed by atoms with E-state index in [-0.39, 0.29) is 6.29 Å².